The molecular formula is C15H22F3N5O2S. The molecule has 0 unspecified atom stereocenters. The number of rotatable bonds is 6. The molecule has 0 amide bonds. The third-order valence-electron chi connectivity index (χ3n) is 3.90. The highest BCUT2D eigenvalue weighted by Crippen LogP contribution is 2.36. The maximum Gasteiger partial charge on any atom is 0.435 e. The van der Waals surface area contributed by atoms with Gasteiger partial charge in [-0.1, -0.05) is 13.8 Å². The summed E-state index contributed by atoms with van der Waals surface area (Å²) >= 11 is 0. The van der Waals surface area contributed by atoms with Crippen LogP contribution in [0.1, 0.15) is 43.6 Å². The lowest BCUT2D eigenvalue weighted by atomic mass is 10.2. The molecule has 11 heteroatoms. The molecule has 2 N–H and O–H groups in total. The lowest BCUT2D eigenvalue weighted by Gasteiger charge is -2.07. The van der Waals surface area contributed by atoms with E-state index < -0.39 is 21.9 Å². The van der Waals surface area contributed by atoms with Crippen LogP contribution in [0.4, 0.5) is 13.2 Å². The second kappa shape index (κ2) is 8.21. The predicted octanol–water partition coefficient (Wildman–Crippen LogP) is 2.51. The van der Waals surface area contributed by atoms with Crippen LogP contribution in [0.25, 0.3) is 0 Å². The number of aryl methyl sites for hydroxylation is 1. The minimum Gasteiger partial charge on any atom is -0.284 e. The standard InChI is InChI=1S/C13H16F3N5O2S.C2H6/c14-13(15,16)12-10-3-1-4-11(10)21(20-12)6-2-5-19-24(22,23)9-7-17-18-8-9;1-2/h7-8,19H,1-6H2,(H,17,18);1-2H3. The van der Waals surface area contributed by atoms with E-state index in [0.29, 0.717) is 31.4 Å². The lowest BCUT2D eigenvalue weighted by molar-refractivity contribution is -0.142. The Bertz CT molecular complexity index is 813. The Morgan fingerprint density at radius 2 is 2.04 bits per heavy atom. The molecule has 0 aliphatic heterocycles. The molecule has 2 heterocycles. The van der Waals surface area contributed by atoms with Crippen LogP contribution in [0.3, 0.4) is 0 Å². The normalized spacial score (nSPS) is 14.0. The molecule has 1 aliphatic rings. The molecule has 2 aromatic heterocycles. The summed E-state index contributed by atoms with van der Waals surface area (Å²) in [5.41, 5.74) is 0.0791. The molecule has 3 rings (SSSR count). The molecule has 0 saturated carbocycles. The molecule has 26 heavy (non-hydrogen) atoms. The van der Waals surface area contributed by atoms with E-state index in [1.54, 1.807) is 0 Å². The first-order valence-electron chi connectivity index (χ1n) is 8.43. The van der Waals surface area contributed by atoms with E-state index in [4.69, 9.17) is 0 Å². The Hall–Kier alpha value is -1.88. The average molecular weight is 393 g/mol. The Morgan fingerprint density at radius 1 is 1.31 bits per heavy atom. The molecule has 0 spiro atoms. The van der Waals surface area contributed by atoms with Crippen molar-refractivity contribution >= 4 is 10.0 Å². The third-order valence-corrected chi connectivity index (χ3v) is 5.33. The second-order valence-corrected chi connectivity index (χ2v) is 7.30. The van der Waals surface area contributed by atoms with Crippen LogP contribution in [0.5, 0.6) is 0 Å². The first kappa shape index (κ1) is 20.4. The van der Waals surface area contributed by atoms with E-state index >= 15 is 0 Å². The summed E-state index contributed by atoms with van der Waals surface area (Å²) in [7, 11) is -3.65. The zero-order valence-corrected chi connectivity index (χ0v) is 15.4. The van der Waals surface area contributed by atoms with Crippen LogP contribution in [0.2, 0.25) is 0 Å². The number of hydrogen-bond donors (Lipinski definition) is 2. The summed E-state index contributed by atoms with van der Waals surface area (Å²) in [6, 6.07) is 0. The SMILES string of the molecule is CC.O=S(=O)(NCCCn1nc(C(F)(F)F)c2c1CCC2)c1cn[nH]c1. The van der Waals surface area contributed by atoms with Gasteiger partial charge in [-0.2, -0.15) is 23.4 Å². The lowest BCUT2D eigenvalue weighted by Crippen LogP contribution is -2.25. The summed E-state index contributed by atoms with van der Waals surface area (Å²) in [4.78, 5) is 0.0156. The number of aromatic amines is 1. The predicted molar refractivity (Wildman–Crippen MR) is 89.0 cm³/mol. The number of nitrogens with one attached hydrogen (secondary N) is 2. The fourth-order valence-corrected chi connectivity index (χ4v) is 3.81. The van der Waals surface area contributed by atoms with Crippen molar-refractivity contribution < 1.29 is 21.6 Å². The van der Waals surface area contributed by atoms with Crippen LogP contribution in [-0.4, -0.2) is 34.9 Å². The van der Waals surface area contributed by atoms with E-state index in [9.17, 15) is 21.6 Å². The summed E-state index contributed by atoms with van der Waals surface area (Å²) < 4.78 is 66.5. The van der Waals surface area contributed by atoms with Crippen LogP contribution < -0.4 is 4.72 Å². The van der Waals surface area contributed by atoms with E-state index in [1.165, 1.54) is 17.1 Å². The quantitative estimate of drug-likeness (QED) is 0.738. The van der Waals surface area contributed by atoms with Gasteiger partial charge in [-0.3, -0.25) is 9.78 Å². The third kappa shape index (κ3) is 4.44. The molecule has 146 valence electrons. The molecule has 0 atom stereocenters. The van der Waals surface area contributed by atoms with Gasteiger partial charge in [0.1, 0.15) is 4.90 Å². The Kier molecular flexibility index (Phi) is 6.45. The highest BCUT2D eigenvalue weighted by Gasteiger charge is 2.40. The first-order chi connectivity index (χ1) is 12.3. The van der Waals surface area contributed by atoms with Crippen LogP contribution in [0, 0.1) is 0 Å². The van der Waals surface area contributed by atoms with Crippen LogP contribution >= 0.6 is 0 Å². The van der Waals surface area contributed by atoms with Crippen LogP contribution in [0.15, 0.2) is 17.3 Å². The number of hydrogen-bond acceptors (Lipinski definition) is 4. The van der Waals surface area contributed by atoms with Crippen molar-refractivity contribution in [3.05, 3.63) is 29.3 Å². The Morgan fingerprint density at radius 3 is 2.65 bits per heavy atom. The van der Waals surface area contributed by atoms with Gasteiger partial charge in [-0.25, -0.2) is 13.1 Å². The monoisotopic (exact) mass is 393 g/mol. The molecule has 7 nitrogen and oxygen atoms in total. The number of aromatic nitrogens is 4. The zero-order chi connectivity index (χ0) is 19.4. The summed E-state index contributed by atoms with van der Waals surface area (Å²) in [5.74, 6) is 0. The topological polar surface area (TPSA) is 92.7 Å². The van der Waals surface area contributed by atoms with Crippen molar-refractivity contribution in [1.82, 2.24) is 24.7 Å². The minimum atomic E-state index is -4.46. The van der Waals surface area contributed by atoms with E-state index in [2.05, 4.69) is 20.0 Å². The van der Waals surface area contributed by atoms with Gasteiger partial charge in [0.25, 0.3) is 0 Å². The van der Waals surface area contributed by atoms with Gasteiger partial charge in [-0.15, -0.1) is 0 Å². The summed E-state index contributed by atoms with van der Waals surface area (Å²) in [6.07, 6.45) is -0.0540. The largest absolute Gasteiger partial charge is 0.435 e. The van der Waals surface area contributed by atoms with Gasteiger partial charge in [0.05, 0.1) is 6.20 Å². The van der Waals surface area contributed by atoms with E-state index in [-0.39, 0.29) is 23.5 Å². The zero-order valence-electron chi connectivity index (χ0n) is 14.6. The summed E-state index contributed by atoms with van der Waals surface area (Å²) in [6.45, 7) is 4.33. The molecule has 0 radical (unpaired) electrons. The Balaban J connectivity index is 0.00000117. The van der Waals surface area contributed by atoms with Crippen molar-refractivity contribution in [2.45, 2.75) is 57.1 Å². The second-order valence-electron chi connectivity index (χ2n) is 5.53. The first-order valence-corrected chi connectivity index (χ1v) is 9.91. The number of sulfonamides is 1. The number of halogens is 3. The fourth-order valence-electron chi connectivity index (χ4n) is 2.83. The molecule has 0 bridgehead atoms. The van der Waals surface area contributed by atoms with Crippen molar-refractivity contribution in [3.8, 4) is 0 Å². The average Bonchev–Trinajstić information content (AvgIpc) is 3.30. The van der Waals surface area contributed by atoms with Crippen molar-refractivity contribution in [2.75, 3.05) is 6.54 Å². The van der Waals surface area contributed by atoms with Crippen LogP contribution in [-0.2, 0) is 35.6 Å². The van der Waals surface area contributed by atoms with E-state index in [1.807, 2.05) is 13.8 Å². The van der Waals surface area contributed by atoms with Gasteiger partial charge in [-0.05, 0) is 25.7 Å². The number of fused-ring (bicyclic) bond motifs is 1. The highest BCUT2D eigenvalue weighted by molar-refractivity contribution is 7.89. The van der Waals surface area contributed by atoms with Crippen molar-refractivity contribution in [1.29, 1.82) is 0 Å². The van der Waals surface area contributed by atoms with Crippen molar-refractivity contribution in [2.24, 2.45) is 0 Å². The van der Waals surface area contributed by atoms with Gasteiger partial charge in [0.15, 0.2) is 5.69 Å². The molecule has 0 fully saturated rings. The Labute approximate surface area is 150 Å². The van der Waals surface area contributed by atoms with Crippen molar-refractivity contribution in [3.63, 3.8) is 0 Å². The maximum absolute atomic E-state index is 13.0. The van der Waals surface area contributed by atoms with Gasteiger partial charge >= 0.3 is 6.18 Å². The minimum absolute atomic E-state index is 0.0156. The van der Waals surface area contributed by atoms with Gasteiger partial charge in [0.2, 0.25) is 10.0 Å². The molecular weight excluding hydrogens is 371 g/mol. The number of alkyl halides is 3. The maximum atomic E-state index is 13.0. The van der Waals surface area contributed by atoms with E-state index in [0.717, 1.165) is 0 Å². The highest BCUT2D eigenvalue weighted by atomic mass is 32.2. The number of nitrogens with zero attached hydrogens (tertiary/aromatic N) is 3. The van der Waals surface area contributed by atoms with Gasteiger partial charge in [0, 0.05) is 30.5 Å². The summed E-state index contributed by atoms with van der Waals surface area (Å²) in [5, 5.41) is 9.66. The smallest absolute Gasteiger partial charge is 0.284 e. The molecule has 2 aromatic rings. The molecule has 1 aliphatic carbocycles. The molecule has 0 saturated heterocycles. The van der Waals surface area contributed by atoms with Gasteiger partial charge < -0.3 is 0 Å². The molecule has 0 aromatic carbocycles. The number of H-pyrrole nitrogens is 1. The fraction of sp³-hybridized carbons (Fsp3) is 0.600.